The first-order valence-electron chi connectivity index (χ1n) is 5.35. The average Bonchev–Trinajstić information content (AvgIpc) is 2.20. The summed E-state index contributed by atoms with van der Waals surface area (Å²) in [5, 5.41) is 1.14. The molecule has 0 N–H and O–H groups in total. The Bertz CT molecular complexity index is 264. The molecule has 1 aromatic heterocycles. The lowest BCUT2D eigenvalue weighted by atomic mass is 10.2. The summed E-state index contributed by atoms with van der Waals surface area (Å²) in [6.45, 7) is 3.33. The van der Waals surface area contributed by atoms with E-state index in [9.17, 15) is 0 Å². The van der Waals surface area contributed by atoms with Crippen LogP contribution in [-0.4, -0.2) is 5.33 Å². The van der Waals surface area contributed by atoms with Gasteiger partial charge in [-0.1, -0.05) is 28.4 Å². The molecule has 86 valence electrons. The van der Waals surface area contributed by atoms with Crippen molar-refractivity contribution in [3.8, 4) is 0 Å². The Labute approximate surface area is 112 Å². The number of aromatic nitrogens is 1. The van der Waals surface area contributed by atoms with Crippen molar-refractivity contribution >= 4 is 15.9 Å². The SMILES string of the molecule is Cc1cccc[n+]1CCCCCCBr.[Br-]. The van der Waals surface area contributed by atoms with Crippen LogP contribution in [0.25, 0.3) is 0 Å². The zero-order valence-corrected chi connectivity index (χ0v) is 12.4. The Morgan fingerprint density at radius 1 is 1.13 bits per heavy atom. The first-order chi connectivity index (χ1) is 6.84. The number of nitrogens with zero attached hydrogens (tertiary/aromatic N) is 1. The molecule has 0 amide bonds. The van der Waals surface area contributed by atoms with Crippen LogP contribution in [0.3, 0.4) is 0 Å². The number of unbranched alkanes of at least 4 members (excludes halogenated alkanes) is 3. The highest BCUT2D eigenvalue weighted by atomic mass is 79.9. The van der Waals surface area contributed by atoms with Gasteiger partial charge in [-0.3, -0.25) is 0 Å². The fourth-order valence-corrected chi connectivity index (χ4v) is 1.94. The van der Waals surface area contributed by atoms with Crippen LogP contribution in [0.1, 0.15) is 31.4 Å². The van der Waals surface area contributed by atoms with Crippen molar-refractivity contribution in [3.05, 3.63) is 30.1 Å². The van der Waals surface area contributed by atoms with Crippen LogP contribution in [0.4, 0.5) is 0 Å². The highest BCUT2D eigenvalue weighted by molar-refractivity contribution is 9.09. The second kappa shape index (κ2) is 9.34. The van der Waals surface area contributed by atoms with Crippen molar-refractivity contribution in [3.63, 3.8) is 0 Å². The molecular formula is C12H19Br2N. The van der Waals surface area contributed by atoms with Crippen LogP contribution in [0.5, 0.6) is 0 Å². The molecule has 3 heteroatoms. The van der Waals surface area contributed by atoms with Crippen LogP contribution in [-0.2, 0) is 6.54 Å². The number of aryl methyl sites for hydroxylation is 2. The molecule has 0 aliphatic rings. The van der Waals surface area contributed by atoms with Crippen molar-refractivity contribution in [2.24, 2.45) is 0 Å². The van der Waals surface area contributed by atoms with E-state index in [2.05, 4.69) is 51.8 Å². The maximum atomic E-state index is 3.45. The monoisotopic (exact) mass is 335 g/mol. The third-order valence-electron chi connectivity index (χ3n) is 2.45. The number of rotatable bonds is 6. The predicted octanol–water partition coefficient (Wildman–Crippen LogP) is 0.242. The summed E-state index contributed by atoms with van der Waals surface area (Å²) in [6.07, 6.45) is 7.45. The van der Waals surface area contributed by atoms with Gasteiger partial charge in [0, 0.05) is 30.8 Å². The van der Waals surface area contributed by atoms with E-state index in [1.807, 2.05) is 0 Å². The molecule has 0 aliphatic heterocycles. The zero-order valence-electron chi connectivity index (χ0n) is 9.26. The number of alkyl halides is 1. The summed E-state index contributed by atoms with van der Waals surface area (Å²) >= 11 is 3.45. The van der Waals surface area contributed by atoms with E-state index in [-0.39, 0.29) is 17.0 Å². The van der Waals surface area contributed by atoms with Gasteiger partial charge in [0.2, 0.25) is 0 Å². The van der Waals surface area contributed by atoms with E-state index in [1.165, 1.54) is 31.4 Å². The third kappa shape index (κ3) is 6.31. The van der Waals surface area contributed by atoms with E-state index >= 15 is 0 Å². The highest BCUT2D eigenvalue weighted by Gasteiger charge is 2.02. The number of halogens is 2. The van der Waals surface area contributed by atoms with Gasteiger partial charge in [0.25, 0.3) is 0 Å². The quantitative estimate of drug-likeness (QED) is 0.398. The molecule has 0 spiro atoms. The van der Waals surface area contributed by atoms with Crippen LogP contribution in [0.2, 0.25) is 0 Å². The van der Waals surface area contributed by atoms with Crippen LogP contribution in [0, 0.1) is 6.92 Å². The molecule has 1 nitrogen and oxygen atoms in total. The van der Waals surface area contributed by atoms with E-state index in [0.717, 1.165) is 11.9 Å². The summed E-state index contributed by atoms with van der Waals surface area (Å²) in [6, 6.07) is 6.36. The van der Waals surface area contributed by atoms with Crippen molar-refractivity contribution in [1.82, 2.24) is 0 Å². The molecule has 0 aliphatic carbocycles. The summed E-state index contributed by atoms with van der Waals surface area (Å²) in [7, 11) is 0. The largest absolute Gasteiger partial charge is 1.00 e. The molecule has 0 atom stereocenters. The van der Waals surface area contributed by atoms with Gasteiger partial charge in [-0.2, -0.15) is 0 Å². The lowest BCUT2D eigenvalue weighted by Gasteiger charge is -1.99. The van der Waals surface area contributed by atoms with Gasteiger partial charge in [0.15, 0.2) is 11.9 Å². The maximum Gasteiger partial charge on any atom is 0.178 e. The summed E-state index contributed by atoms with van der Waals surface area (Å²) < 4.78 is 2.33. The molecule has 0 saturated carbocycles. The number of hydrogen-bond acceptors (Lipinski definition) is 0. The van der Waals surface area contributed by atoms with Gasteiger partial charge in [-0.15, -0.1) is 0 Å². The van der Waals surface area contributed by atoms with Crippen LogP contribution < -0.4 is 21.5 Å². The van der Waals surface area contributed by atoms with Gasteiger partial charge in [-0.05, 0) is 12.8 Å². The Hall–Kier alpha value is 0.110. The second-order valence-corrected chi connectivity index (χ2v) is 4.43. The highest BCUT2D eigenvalue weighted by Crippen LogP contribution is 2.02. The molecule has 0 radical (unpaired) electrons. The van der Waals surface area contributed by atoms with E-state index < -0.39 is 0 Å². The number of hydrogen-bond donors (Lipinski definition) is 0. The normalized spacial score (nSPS) is 9.73. The number of pyridine rings is 1. The molecule has 0 fully saturated rings. The Morgan fingerprint density at radius 2 is 1.87 bits per heavy atom. The summed E-state index contributed by atoms with van der Waals surface area (Å²) in [4.78, 5) is 0. The predicted molar refractivity (Wildman–Crippen MR) is 63.6 cm³/mol. The van der Waals surface area contributed by atoms with Crippen LogP contribution in [0.15, 0.2) is 24.4 Å². The lowest BCUT2D eigenvalue weighted by Crippen LogP contribution is -3.00. The van der Waals surface area contributed by atoms with Crippen molar-refractivity contribution in [1.29, 1.82) is 0 Å². The van der Waals surface area contributed by atoms with Crippen LogP contribution >= 0.6 is 15.9 Å². The molecule has 0 bridgehead atoms. The van der Waals surface area contributed by atoms with Crippen molar-refractivity contribution in [2.75, 3.05) is 5.33 Å². The topological polar surface area (TPSA) is 3.88 Å². The van der Waals surface area contributed by atoms with E-state index in [4.69, 9.17) is 0 Å². The average molecular weight is 337 g/mol. The molecule has 0 aromatic carbocycles. The Morgan fingerprint density at radius 3 is 2.53 bits per heavy atom. The van der Waals surface area contributed by atoms with Crippen molar-refractivity contribution < 1.29 is 21.5 Å². The second-order valence-electron chi connectivity index (χ2n) is 3.64. The molecular weight excluding hydrogens is 318 g/mol. The van der Waals surface area contributed by atoms with Crippen molar-refractivity contribution in [2.45, 2.75) is 39.2 Å². The minimum absolute atomic E-state index is 0. The third-order valence-corrected chi connectivity index (χ3v) is 3.01. The Balaban J connectivity index is 0.00000196. The lowest BCUT2D eigenvalue weighted by molar-refractivity contribution is -0.703. The van der Waals surface area contributed by atoms with Gasteiger partial charge < -0.3 is 17.0 Å². The van der Waals surface area contributed by atoms with Gasteiger partial charge in [0.05, 0.1) is 0 Å². The molecule has 0 unspecified atom stereocenters. The van der Waals surface area contributed by atoms with Gasteiger partial charge in [0.1, 0.15) is 6.54 Å². The molecule has 1 rings (SSSR count). The van der Waals surface area contributed by atoms with E-state index in [0.29, 0.717) is 0 Å². The van der Waals surface area contributed by atoms with Gasteiger partial charge >= 0.3 is 0 Å². The zero-order chi connectivity index (χ0) is 10.2. The first-order valence-corrected chi connectivity index (χ1v) is 6.48. The molecule has 0 saturated heterocycles. The Kier molecular flexibility index (Phi) is 9.41. The van der Waals surface area contributed by atoms with E-state index in [1.54, 1.807) is 0 Å². The smallest absolute Gasteiger partial charge is 0.178 e. The molecule has 15 heavy (non-hydrogen) atoms. The minimum Gasteiger partial charge on any atom is -1.00 e. The fourth-order valence-electron chi connectivity index (χ4n) is 1.54. The maximum absolute atomic E-state index is 3.45. The minimum atomic E-state index is 0. The van der Waals surface area contributed by atoms with Gasteiger partial charge in [-0.25, -0.2) is 4.57 Å². The molecule has 1 heterocycles. The fraction of sp³-hybridized carbons (Fsp3) is 0.583. The standard InChI is InChI=1S/C12H19BrN.BrH/c1-12-8-4-7-11-14(12)10-6-3-2-5-9-13;/h4,7-8,11H,2-3,5-6,9-10H2,1H3;1H/q+1;/p-1. The summed E-state index contributed by atoms with van der Waals surface area (Å²) in [5.74, 6) is 0. The molecule has 1 aromatic rings. The first kappa shape index (κ1) is 15.1. The summed E-state index contributed by atoms with van der Waals surface area (Å²) in [5.41, 5.74) is 1.35.